The second-order valence-corrected chi connectivity index (χ2v) is 4.22. The van der Waals surface area contributed by atoms with Crippen molar-refractivity contribution in [1.82, 2.24) is 0 Å². The van der Waals surface area contributed by atoms with Gasteiger partial charge in [0.15, 0.2) is 0 Å². The van der Waals surface area contributed by atoms with E-state index in [9.17, 15) is 0 Å². The van der Waals surface area contributed by atoms with Gasteiger partial charge in [-0.15, -0.1) is 11.3 Å². The summed E-state index contributed by atoms with van der Waals surface area (Å²) >= 11 is 4.36. The van der Waals surface area contributed by atoms with Crippen molar-refractivity contribution in [3.8, 4) is 0 Å². The van der Waals surface area contributed by atoms with E-state index in [-0.39, 0.29) is 0 Å². The highest BCUT2D eigenvalue weighted by atomic mass is 32.2. The normalized spacial score (nSPS) is 10.4. The summed E-state index contributed by atoms with van der Waals surface area (Å²) in [5.41, 5.74) is 0. The Bertz CT molecular complexity index is 191. The lowest BCUT2D eigenvalue weighted by molar-refractivity contribution is 0.484. The second kappa shape index (κ2) is 5.05. The molecule has 0 aliphatic rings. The van der Waals surface area contributed by atoms with Crippen LogP contribution in [0.25, 0.3) is 0 Å². The van der Waals surface area contributed by atoms with Gasteiger partial charge in [-0.2, -0.15) is 0 Å². The first kappa shape index (κ1) is 9.41. The van der Waals surface area contributed by atoms with E-state index in [1.165, 1.54) is 24.1 Å². The molecule has 0 bridgehead atoms. The van der Waals surface area contributed by atoms with Gasteiger partial charge < -0.3 is 8.37 Å². The van der Waals surface area contributed by atoms with Crippen molar-refractivity contribution in [3.63, 3.8) is 0 Å². The summed E-state index contributed by atoms with van der Waals surface area (Å²) in [7, 11) is 3.31. The Balaban J connectivity index is 2.62. The molecule has 1 heterocycles. The average molecular weight is 208 g/mol. The van der Waals surface area contributed by atoms with E-state index < -0.39 is 0 Å². The van der Waals surface area contributed by atoms with Crippen molar-refractivity contribution in [2.75, 3.05) is 14.2 Å². The smallest absolute Gasteiger partial charge is 0.0619 e. The number of hydrogen-bond donors (Lipinski definition) is 0. The molecule has 0 amide bonds. The highest BCUT2D eigenvalue weighted by Crippen LogP contribution is 2.34. The minimum absolute atomic E-state index is 1.12. The summed E-state index contributed by atoms with van der Waals surface area (Å²) in [4.78, 5) is 2.23. The molecule has 0 aromatic carbocycles. The minimum Gasteiger partial charge on any atom is -0.314 e. The fourth-order valence-electron chi connectivity index (χ4n) is 0.575. The third-order valence-corrected chi connectivity index (χ3v) is 3.48. The maximum atomic E-state index is 4.93. The summed E-state index contributed by atoms with van der Waals surface area (Å²) < 4.78 is 9.86. The van der Waals surface area contributed by atoms with Crippen LogP contribution in [0, 0.1) is 0 Å². The quantitative estimate of drug-likeness (QED) is 0.708. The molecule has 0 unspecified atom stereocenters. The Morgan fingerprint density at radius 3 is 1.91 bits per heavy atom. The minimum atomic E-state index is 1.12. The molecule has 0 fully saturated rings. The number of rotatable bonds is 4. The summed E-state index contributed by atoms with van der Waals surface area (Å²) in [6.45, 7) is 0. The first-order valence-electron chi connectivity index (χ1n) is 2.86. The fourth-order valence-corrected chi connectivity index (χ4v) is 2.79. The summed E-state index contributed by atoms with van der Waals surface area (Å²) in [6, 6.07) is 0. The van der Waals surface area contributed by atoms with Gasteiger partial charge in [-0.05, 0) is 0 Å². The van der Waals surface area contributed by atoms with Crippen molar-refractivity contribution in [1.29, 1.82) is 0 Å². The van der Waals surface area contributed by atoms with Gasteiger partial charge in [-0.25, -0.2) is 0 Å². The maximum absolute atomic E-state index is 4.93. The zero-order chi connectivity index (χ0) is 8.10. The fraction of sp³-hybridized carbons (Fsp3) is 0.333. The molecule has 0 spiro atoms. The van der Waals surface area contributed by atoms with Crippen LogP contribution < -0.4 is 0 Å². The van der Waals surface area contributed by atoms with Crippen LogP contribution in [-0.4, -0.2) is 14.2 Å². The zero-order valence-electron chi connectivity index (χ0n) is 6.20. The Morgan fingerprint density at radius 2 is 1.55 bits per heavy atom. The predicted molar refractivity (Wildman–Crippen MR) is 50.1 cm³/mol. The zero-order valence-corrected chi connectivity index (χ0v) is 8.65. The van der Waals surface area contributed by atoms with Crippen molar-refractivity contribution < 1.29 is 8.37 Å². The van der Waals surface area contributed by atoms with E-state index in [2.05, 4.69) is 0 Å². The first-order chi connectivity index (χ1) is 5.38. The molecule has 0 saturated heterocycles. The maximum Gasteiger partial charge on any atom is 0.0619 e. The van der Waals surface area contributed by atoms with Crippen LogP contribution in [0.2, 0.25) is 0 Å². The molecule has 0 N–H and O–H groups in total. The molecule has 1 aromatic heterocycles. The molecule has 11 heavy (non-hydrogen) atoms. The SMILES string of the molecule is COSc1cscc1SOC. The van der Waals surface area contributed by atoms with Gasteiger partial charge in [0.1, 0.15) is 0 Å². The Labute approximate surface area is 78.7 Å². The van der Waals surface area contributed by atoms with Gasteiger partial charge in [0.2, 0.25) is 0 Å². The first-order valence-corrected chi connectivity index (χ1v) is 5.28. The number of thiophene rings is 1. The molecule has 0 aliphatic heterocycles. The van der Waals surface area contributed by atoms with Crippen LogP contribution in [0.5, 0.6) is 0 Å². The molecule has 0 aliphatic carbocycles. The van der Waals surface area contributed by atoms with E-state index >= 15 is 0 Å². The van der Waals surface area contributed by atoms with Crippen LogP contribution in [0.15, 0.2) is 20.6 Å². The molecule has 1 rings (SSSR count). The lowest BCUT2D eigenvalue weighted by Crippen LogP contribution is -1.72. The van der Waals surface area contributed by atoms with E-state index in [0.717, 1.165) is 9.79 Å². The molecular weight excluding hydrogens is 200 g/mol. The van der Waals surface area contributed by atoms with E-state index in [1.54, 1.807) is 25.6 Å². The Kier molecular flexibility index (Phi) is 4.32. The second-order valence-electron chi connectivity index (χ2n) is 1.60. The van der Waals surface area contributed by atoms with Crippen molar-refractivity contribution in [2.45, 2.75) is 9.79 Å². The summed E-state index contributed by atoms with van der Waals surface area (Å²) in [6.07, 6.45) is 0. The van der Waals surface area contributed by atoms with Crippen LogP contribution in [0.4, 0.5) is 0 Å². The van der Waals surface area contributed by atoms with Crippen molar-refractivity contribution >= 4 is 35.4 Å². The molecule has 5 heteroatoms. The summed E-state index contributed by atoms with van der Waals surface area (Å²) in [5, 5.41) is 4.07. The number of hydrogen-bond acceptors (Lipinski definition) is 5. The Morgan fingerprint density at radius 1 is 1.09 bits per heavy atom. The van der Waals surface area contributed by atoms with Crippen molar-refractivity contribution in [3.05, 3.63) is 10.8 Å². The Hall–Kier alpha value is 0.320. The van der Waals surface area contributed by atoms with Gasteiger partial charge >= 0.3 is 0 Å². The molecular formula is C6H8O2S3. The molecule has 0 atom stereocenters. The van der Waals surface area contributed by atoms with Crippen molar-refractivity contribution in [2.24, 2.45) is 0 Å². The average Bonchev–Trinajstić information content (AvgIpc) is 2.39. The van der Waals surface area contributed by atoms with E-state index in [0.29, 0.717) is 0 Å². The topological polar surface area (TPSA) is 18.5 Å². The lowest BCUT2D eigenvalue weighted by atomic mass is 10.7. The molecule has 0 radical (unpaired) electrons. The molecule has 0 saturated carbocycles. The van der Waals surface area contributed by atoms with Crippen LogP contribution in [0.3, 0.4) is 0 Å². The third-order valence-electron chi connectivity index (χ3n) is 0.939. The largest absolute Gasteiger partial charge is 0.314 e. The predicted octanol–water partition coefficient (Wildman–Crippen LogP) is 3.06. The summed E-state index contributed by atoms with van der Waals surface area (Å²) in [5.74, 6) is 0. The standard InChI is InChI=1S/C6H8O2S3/c1-7-10-5-3-9-4-6(5)11-8-2/h3-4H,1-2H3. The molecule has 2 nitrogen and oxygen atoms in total. The van der Waals surface area contributed by atoms with Gasteiger partial charge in [0.25, 0.3) is 0 Å². The van der Waals surface area contributed by atoms with Gasteiger partial charge in [0, 0.05) is 34.8 Å². The van der Waals surface area contributed by atoms with Crippen LogP contribution >= 0.6 is 35.4 Å². The van der Waals surface area contributed by atoms with Crippen LogP contribution in [0.1, 0.15) is 0 Å². The highest BCUT2D eigenvalue weighted by molar-refractivity contribution is 7.98. The van der Waals surface area contributed by atoms with Gasteiger partial charge in [0.05, 0.1) is 24.0 Å². The van der Waals surface area contributed by atoms with Gasteiger partial charge in [-0.1, -0.05) is 0 Å². The molecule has 62 valence electrons. The third kappa shape index (κ3) is 2.68. The highest BCUT2D eigenvalue weighted by Gasteiger charge is 2.04. The van der Waals surface area contributed by atoms with E-state index in [4.69, 9.17) is 8.37 Å². The lowest BCUT2D eigenvalue weighted by Gasteiger charge is -1.97. The van der Waals surface area contributed by atoms with Crippen LogP contribution in [-0.2, 0) is 8.37 Å². The van der Waals surface area contributed by atoms with E-state index in [1.807, 2.05) is 10.8 Å². The molecule has 1 aromatic rings. The monoisotopic (exact) mass is 208 g/mol. The van der Waals surface area contributed by atoms with Gasteiger partial charge in [-0.3, -0.25) is 0 Å².